The van der Waals surface area contributed by atoms with Crippen molar-refractivity contribution in [2.24, 2.45) is 0 Å². The standard InChI is InChI=1S/C29H59IO5Si3/c1-17-18-21-23(31)25(34-37(13,14)28(5,6)7)26(35-38(15,16)29(8,9)10)24(32-21)22(19-20-30)33-36(11,12)27(2,3)4/h17,19-26,31H,1,18H2,2-16H3/b20-19+/t21-,22-,23-,24-,25-,26+/m0/s1. The van der Waals surface area contributed by atoms with E-state index in [0.717, 1.165) is 0 Å². The number of aliphatic hydroxyl groups is 1. The van der Waals surface area contributed by atoms with Gasteiger partial charge in [0.1, 0.15) is 24.4 Å². The Morgan fingerprint density at radius 1 is 0.816 bits per heavy atom. The molecule has 0 spiro atoms. The van der Waals surface area contributed by atoms with Crippen LogP contribution in [0, 0.1) is 0 Å². The normalized spacial score (nSPS) is 27.6. The van der Waals surface area contributed by atoms with E-state index >= 15 is 0 Å². The van der Waals surface area contributed by atoms with Crippen molar-refractivity contribution in [3.8, 4) is 0 Å². The molecule has 38 heavy (non-hydrogen) atoms. The Morgan fingerprint density at radius 2 is 1.24 bits per heavy atom. The van der Waals surface area contributed by atoms with Crippen LogP contribution in [0.2, 0.25) is 54.4 Å². The number of aliphatic hydroxyl groups excluding tert-OH is 1. The van der Waals surface area contributed by atoms with E-state index in [2.05, 4.69) is 137 Å². The first kappa shape index (κ1) is 36.7. The number of hydrogen-bond donors (Lipinski definition) is 1. The summed E-state index contributed by atoms with van der Waals surface area (Å²) in [4.78, 5) is 0. The second-order valence-corrected chi connectivity index (χ2v) is 30.5. The summed E-state index contributed by atoms with van der Waals surface area (Å²) in [6, 6.07) is 0. The summed E-state index contributed by atoms with van der Waals surface area (Å²) in [5.74, 6) is 0. The van der Waals surface area contributed by atoms with Crippen molar-refractivity contribution >= 4 is 47.5 Å². The molecule has 1 rings (SSSR count). The van der Waals surface area contributed by atoms with E-state index in [1.165, 1.54) is 0 Å². The van der Waals surface area contributed by atoms with Crippen molar-refractivity contribution in [2.75, 3.05) is 0 Å². The highest BCUT2D eigenvalue weighted by molar-refractivity contribution is 14.1. The van der Waals surface area contributed by atoms with E-state index in [1.54, 1.807) is 0 Å². The summed E-state index contributed by atoms with van der Waals surface area (Å²) < 4.78 is 30.0. The van der Waals surface area contributed by atoms with Gasteiger partial charge in [-0.25, -0.2) is 0 Å². The minimum absolute atomic E-state index is 0.0170. The topological polar surface area (TPSA) is 57.2 Å². The van der Waals surface area contributed by atoms with Crippen LogP contribution < -0.4 is 0 Å². The molecule has 0 saturated carbocycles. The summed E-state index contributed by atoms with van der Waals surface area (Å²) in [5.41, 5.74) is 0. The van der Waals surface area contributed by atoms with Gasteiger partial charge in [0, 0.05) is 0 Å². The van der Waals surface area contributed by atoms with E-state index in [4.69, 9.17) is 18.0 Å². The molecule has 0 aromatic carbocycles. The van der Waals surface area contributed by atoms with Crippen molar-refractivity contribution in [2.45, 2.75) is 160 Å². The number of hydrogen-bond acceptors (Lipinski definition) is 5. The predicted octanol–water partition coefficient (Wildman–Crippen LogP) is 8.81. The Hall–Kier alpha value is 0.661. The second-order valence-electron chi connectivity index (χ2n) is 15.5. The predicted molar refractivity (Wildman–Crippen MR) is 179 cm³/mol. The summed E-state index contributed by atoms with van der Waals surface area (Å²) in [5, 5.41) is 11.8. The van der Waals surface area contributed by atoms with E-state index < -0.39 is 55.5 Å². The molecule has 0 radical (unpaired) electrons. The lowest BCUT2D eigenvalue weighted by Gasteiger charge is -2.53. The van der Waals surface area contributed by atoms with Gasteiger partial charge in [-0.05, 0) is 71.0 Å². The van der Waals surface area contributed by atoms with Gasteiger partial charge in [-0.15, -0.1) is 6.58 Å². The van der Waals surface area contributed by atoms with Crippen LogP contribution in [-0.2, 0) is 18.0 Å². The Bertz CT molecular complexity index is 809. The van der Waals surface area contributed by atoms with Gasteiger partial charge in [-0.2, -0.15) is 0 Å². The highest BCUT2D eigenvalue weighted by Gasteiger charge is 2.55. The Kier molecular flexibility index (Phi) is 12.4. The maximum absolute atomic E-state index is 11.8. The molecular formula is C29H59IO5Si3. The van der Waals surface area contributed by atoms with Crippen LogP contribution in [0.25, 0.3) is 0 Å². The second kappa shape index (κ2) is 12.9. The molecule has 0 aliphatic carbocycles. The number of ether oxygens (including phenoxy) is 1. The molecule has 0 aromatic rings. The van der Waals surface area contributed by atoms with Gasteiger partial charge in [-0.1, -0.05) is 91.0 Å². The maximum atomic E-state index is 11.8. The molecule has 1 aliphatic heterocycles. The van der Waals surface area contributed by atoms with Crippen LogP contribution in [0.1, 0.15) is 68.7 Å². The molecule has 0 bridgehead atoms. The fraction of sp³-hybridized carbons (Fsp3) is 0.862. The first-order valence-corrected chi connectivity index (χ1v) is 24.0. The first-order valence-electron chi connectivity index (χ1n) is 14.1. The van der Waals surface area contributed by atoms with Crippen LogP contribution >= 0.6 is 22.6 Å². The molecule has 0 aromatic heterocycles. The minimum atomic E-state index is -2.28. The molecule has 0 amide bonds. The molecule has 0 unspecified atom stereocenters. The van der Waals surface area contributed by atoms with Crippen LogP contribution in [0.3, 0.4) is 0 Å². The van der Waals surface area contributed by atoms with E-state index in [0.29, 0.717) is 6.42 Å². The maximum Gasteiger partial charge on any atom is 0.193 e. The lowest BCUT2D eigenvalue weighted by atomic mass is 9.91. The zero-order valence-electron chi connectivity index (χ0n) is 27.1. The van der Waals surface area contributed by atoms with E-state index in [1.807, 2.05) is 10.2 Å². The summed E-state index contributed by atoms with van der Waals surface area (Å²) in [6.07, 6.45) is 1.43. The molecule has 1 saturated heterocycles. The molecule has 6 atom stereocenters. The van der Waals surface area contributed by atoms with Crippen LogP contribution in [0.4, 0.5) is 0 Å². The van der Waals surface area contributed by atoms with Crippen molar-refractivity contribution < 1.29 is 23.1 Å². The molecule has 5 nitrogen and oxygen atoms in total. The van der Waals surface area contributed by atoms with Crippen LogP contribution in [-0.4, -0.2) is 66.7 Å². The molecule has 1 fully saturated rings. The van der Waals surface area contributed by atoms with Gasteiger partial charge >= 0.3 is 0 Å². The monoisotopic (exact) mass is 698 g/mol. The summed E-state index contributed by atoms with van der Waals surface area (Å²) >= 11 is 2.26. The molecule has 224 valence electrons. The third-order valence-electron chi connectivity index (χ3n) is 9.39. The zero-order chi connectivity index (χ0) is 30.1. The van der Waals surface area contributed by atoms with E-state index in [9.17, 15) is 5.11 Å². The molecule has 1 aliphatic rings. The summed E-state index contributed by atoms with van der Waals surface area (Å²) in [7, 11) is -6.71. The highest BCUT2D eigenvalue weighted by Crippen LogP contribution is 2.45. The fourth-order valence-electron chi connectivity index (χ4n) is 3.69. The van der Waals surface area contributed by atoms with Crippen molar-refractivity contribution in [1.82, 2.24) is 0 Å². The first-order chi connectivity index (χ1) is 16.8. The highest BCUT2D eigenvalue weighted by atomic mass is 127. The largest absolute Gasteiger partial charge is 0.408 e. The fourth-order valence-corrected chi connectivity index (χ4v) is 7.95. The van der Waals surface area contributed by atoms with Gasteiger partial charge in [0.15, 0.2) is 25.0 Å². The third-order valence-corrected chi connectivity index (χ3v) is 23.2. The lowest BCUT2D eigenvalue weighted by molar-refractivity contribution is -0.227. The molecular weight excluding hydrogens is 639 g/mol. The van der Waals surface area contributed by atoms with Gasteiger partial charge in [0.25, 0.3) is 0 Å². The quantitative estimate of drug-likeness (QED) is 0.140. The van der Waals surface area contributed by atoms with Crippen LogP contribution in [0.5, 0.6) is 0 Å². The zero-order valence-corrected chi connectivity index (χ0v) is 32.2. The average molecular weight is 699 g/mol. The minimum Gasteiger partial charge on any atom is -0.408 e. The molecule has 9 heteroatoms. The SMILES string of the molecule is C=CC[C@@H]1O[C@@H]([C@H](/C=C/I)O[Si](C)(C)C(C)(C)C)[C@@H](O[Si](C)(C)C(C)(C)C)[C@@H](O[Si](C)(C)C(C)(C)C)[C@H]1O. The Labute approximate surface area is 252 Å². The van der Waals surface area contributed by atoms with Crippen molar-refractivity contribution in [1.29, 1.82) is 0 Å². The Balaban J connectivity index is 3.80. The Morgan fingerprint density at radius 3 is 1.61 bits per heavy atom. The number of halogens is 1. The lowest BCUT2D eigenvalue weighted by Crippen LogP contribution is -2.67. The average Bonchev–Trinajstić information content (AvgIpc) is 2.69. The van der Waals surface area contributed by atoms with Crippen molar-refractivity contribution in [3.63, 3.8) is 0 Å². The smallest absolute Gasteiger partial charge is 0.193 e. The van der Waals surface area contributed by atoms with Gasteiger partial charge in [0.2, 0.25) is 0 Å². The summed E-state index contributed by atoms with van der Waals surface area (Å²) in [6.45, 7) is 37.7. The van der Waals surface area contributed by atoms with Gasteiger partial charge in [0.05, 0.1) is 12.2 Å². The van der Waals surface area contributed by atoms with E-state index in [-0.39, 0.29) is 21.2 Å². The molecule has 1 N–H and O–H groups in total. The van der Waals surface area contributed by atoms with Gasteiger partial charge < -0.3 is 23.1 Å². The molecule has 1 heterocycles. The number of rotatable bonds is 10. The van der Waals surface area contributed by atoms with Gasteiger partial charge in [-0.3, -0.25) is 0 Å². The van der Waals surface area contributed by atoms with Crippen LogP contribution in [0.15, 0.2) is 22.8 Å². The third kappa shape index (κ3) is 8.83. The van der Waals surface area contributed by atoms with Crippen molar-refractivity contribution in [3.05, 3.63) is 22.8 Å².